The van der Waals surface area contributed by atoms with Crippen LogP contribution in [-0.4, -0.2) is 40.6 Å². The zero-order valence-corrected chi connectivity index (χ0v) is 17.5. The number of rotatable bonds is 3. The number of hydrogen-bond donors (Lipinski definition) is 0. The van der Waals surface area contributed by atoms with Crippen molar-refractivity contribution in [1.82, 2.24) is 9.80 Å². The lowest BCUT2D eigenvalue weighted by Gasteiger charge is -2.44. The first-order valence-corrected chi connectivity index (χ1v) is 11.0. The number of allylic oxidation sites excluding steroid dienone is 2. The number of carbonyl (C=O) groups excluding carboxylic acids is 3. The van der Waals surface area contributed by atoms with Crippen molar-refractivity contribution in [3.63, 3.8) is 0 Å². The van der Waals surface area contributed by atoms with E-state index in [-0.39, 0.29) is 29.7 Å². The Bertz CT molecular complexity index is 1040. The molecule has 0 N–H and O–H groups in total. The van der Waals surface area contributed by atoms with Crippen LogP contribution in [0.2, 0.25) is 0 Å². The summed E-state index contributed by atoms with van der Waals surface area (Å²) >= 11 is 0. The summed E-state index contributed by atoms with van der Waals surface area (Å²) in [7, 11) is 0. The second-order valence-electron chi connectivity index (χ2n) is 8.98. The maximum absolute atomic E-state index is 13.1. The van der Waals surface area contributed by atoms with Gasteiger partial charge in [0.05, 0.1) is 17.7 Å². The van der Waals surface area contributed by atoms with Crippen molar-refractivity contribution in [2.75, 3.05) is 13.1 Å². The number of piperidine rings is 1. The van der Waals surface area contributed by atoms with Gasteiger partial charge in [-0.2, -0.15) is 0 Å². The molecule has 0 aromatic heterocycles. The minimum Gasteiger partial charge on any atom is -0.338 e. The highest BCUT2D eigenvalue weighted by molar-refractivity contribution is 6.21. The first-order valence-electron chi connectivity index (χ1n) is 11.0. The highest BCUT2D eigenvalue weighted by Gasteiger charge is 2.37. The summed E-state index contributed by atoms with van der Waals surface area (Å²) in [6, 6.07) is 14.2. The summed E-state index contributed by atoms with van der Waals surface area (Å²) in [5, 5.41) is 0. The highest BCUT2D eigenvalue weighted by Crippen LogP contribution is 2.41. The second kappa shape index (κ2) is 7.80. The van der Waals surface area contributed by atoms with E-state index in [1.54, 1.807) is 24.3 Å². The van der Waals surface area contributed by atoms with Gasteiger partial charge in [0.1, 0.15) is 0 Å². The van der Waals surface area contributed by atoms with Gasteiger partial charge in [-0.25, -0.2) is 0 Å². The van der Waals surface area contributed by atoms with Crippen LogP contribution in [0, 0.1) is 5.41 Å². The van der Waals surface area contributed by atoms with Gasteiger partial charge in [0.2, 0.25) is 0 Å². The fourth-order valence-electron chi connectivity index (χ4n) is 5.20. The fraction of sp³-hybridized carbons (Fsp3) is 0.346. The van der Waals surface area contributed by atoms with Crippen LogP contribution in [0.5, 0.6) is 0 Å². The van der Waals surface area contributed by atoms with Gasteiger partial charge in [-0.1, -0.05) is 36.4 Å². The molecule has 0 saturated carbocycles. The number of hydrogen-bond acceptors (Lipinski definition) is 3. The molecule has 0 bridgehead atoms. The molecule has 2 aromatic carbocycles. The summed E-state index contributed by atoms with van der Waals surface area (Å²) < 4.78 is 0. The molecule has 1 spiro atoms. The Hall–Kier alpha value is -3.21. The average Bonchev–Trinajstić information content (AvgIpc) is 3.05. The van der Waals surface area contributed by atoms with Crippen molar-refractivity contribution in [3.05, 3.63) is 82.9 Å². The predicted octanol–water partition coefficient (Wildman–Crippen LogP) is 4.45. The van der Waals surface area contributed by atoms with E-state index >= 15 is 0 Å². The molecule has 1 saturated heterocycles. The third-order valence-electron chi connectivity index (χ3n) is 6.93. The average molecular weight is 415 g/mol. The largest absolute Gasteiger partial charge is 0.338 e. The zero-order valence-electron chi connectivity index (χ0n) is 17.5. The van der Waals surface area contributed by atoms with E-state index in [9.17, 15) is 14.4 Å². The number of likely N-dealkylation sites (tertiary alicyclic amines) is 1. The van der Waals surface area contributed by atoms with E-state index < -0.39 is 0 Å². The van der Waals surface area contributed by atoms with Crippen molar-refractivity contribution < 1.29 is 14.4 Å². The number of imide groups is 1. The molecule has 0 radical (unpaired) electrons. The van der Waals surface area contributed by atoms with Gasteiger partial charge in [0.15, 0.2) is 0 Å². The molecule has 1 unspecified atom stereocenters. The number of nitrogens with zero attached hydrogens (tertiary/aromatic N) is 2. The molecule has 2 heterocycles. The van der Waals surface area contributed by atoms with Crippen molar-refractivity contribution in [1.29, 1.82) is 0 Å². The molecule has 1 fully saturated rings. The molecular formula is C26H26N2O3. The monoisotopic (exact) mass is 414 g/mol. The Morgan fingerprint density at radius 1 is 0.903 bits per heavy atom. The summed E-state index contributed by atoms with van der Waals surface area (Å²) in [5.41, 5.74) is 2.65. The van der Waals surface area contributed by atoms with Gasteiger partial charge >= 0.3 is 0 Å². The van der Waals surface area contributed by atoms with Gasteiger partial charge < -0.3 is 4.90 Å². The normalized spacial score (nSPS) is 22.8. The molecule has 31 heavy (non-hydrogen) atoms. The molecule has 5 nitrogen and oxygen atoms in total. The lowest BCUT2D eigenvalue weighted by Crippen LogP contribution is -2.46. The first kappa shape index (κ1) is 19.7. The molecule has 3 aliphatic rings. The van der Waals surface area contributed by atoms with Crippen molar-refractivity contribution >= 4 is 17.7 Å². The first-order chi connectivity index (χ1) is 15.1. The van der Waals surface area contributed by atoms with Crippen molar-refractivity contribution in [2.45, 2.75) is 38.6 Å². The number of amides is 3. The SMILES string of the molecule is O=C(c1ccc(CN2C(=O)c3ccccc3C2=O)cc1)N1CCCC2(CC=CCC2)C1. The maximum Gasteiger partial charge on any atom is 0.261 e. The van der Waals surface area contributed by atoms with Crippen LogP contribution in [0.1, 0.15) is 68.7 Å². The lowest BCUT2D eigenvalue weighted by molar-refractivity contribution is 0.0484. The van der Waals surface area contributed by atoms with Crippen molar-refractivity contribution in [3.8, 4) is 0 Å². The molecule has 5 heteroatoms. The zero-order chi connectivity index (χ0) is 21.4. The van der Waals surface area contributed by atoms with Crippen LogP contribution in [0.15, 0.2) is 60.7 Å². The Kier molecular flexibility index (Phi) is 4.97. The summed E-state index contributed by atoms with van der Waals surface area (Å²) in [5.74, 6) is -0.456. The number of benzene rings is 2. The van der Waals surface area contributed by atoms with Gasteiger partial charge in [0.25, 0.3) is 17.7 Å². The van der Waals surface area contributed by atoms with Gasteiger partial charge in [-0.15, -0.1) is 0 Å². The van der Waals surface area contributed by atoms with E-state index in [0.29, 0.717) is 16.7 Å². The van der Waals surface area contributed by atoms with Crippen LogP contribution >= 0.6 is 0 Å². The summed E-state index contributed by atoms with van der Waals surface area (Å²) in [6.45, 7) is 1.84. The fourth-order valence-corrected chi connectivity index (χ4v) is 5.20. The molecule has 158 valence electrons. The van der Waals surface area contributed by atoms with Gasteiger partial charge in [-0.3, -0.25) is 19.3 Å². The number of carbonyl (C=O) groups is 3. The molecule has 1 atom stereocenters. The van der Waals surface area contributed by atoms with Crippen LogP contribution in [0.25, 0.3) is 0 Å². The smallest absolute Gasteiger partial charge is 0.261 e. The Balaban J connectivity index is 1.27. The lowest BCUT2D eigenvalue weighted by atomic mass is 9.71. The van der Waals surface area contributed by atoms with Gasteiger partial charge in [-0.05, 0) is 67.3 Å². The third-order valence-corrected chi connectivity index (χ3v) is 6.93. The molecule has 2 aromatic rings. The predicted molar refractivity (Wildman–Crippen MR) is 118 cm³/mol. The Labute approximate surface area is 182 Å². The third kappa shape index (κ3) is 3.58. The quantitative estimate of drug-likeness (QED) is 0.551. The summed E-state index contributed by atoms with van der Waals surface area (Å²) in [4.78, 5) is 41.6. The standard InChI is InChI=1S/C26H26N2O3/c29-23(27-16-6-15-26(18-27)13-4-1-5-14-26)20-11-9-19(10-12-20)17-28-24(30)21-7-2-3-8-22(21)25(28)31/h1-4,7-12H,5-6,13-18H2. The molecule has 5 rings (SSSR count). The minimum atomic E-state index is -0.263. The van der Waals surface area contributed by atoms with Crippen LogP contribution in [-0.2, 0) is 6.54 Å². The van der Waals surface area contributed by atoms with E-state index in [1.165, 1.54) is 11.3 Å². The van der Waals surface area contributed by atoms with E-state index in [1.807, 2.05) is 29.2 Å². The van der Waals surface area contributed by atoms with Gasteiger partial charge in [0, 0.05) is 18.7 Å². The second-order valence-corrected chi connectivity index (χ2v) is 8.98. The van der Waals surface area contributed by atoms with E-state index in [4.69, 9.17) is 0 Å². The minimum absolute atomic E-state index is 0.0703. The molecule has 3 amide bonds. The van der Waals surface area contributed by atoms with E-state index in [2.05, 4.69) is 12.2 Å². The topological polar surface area (TPSA) is 57.7 Å². The number of fused-ring (bicyclic) bond motifs is 1. The molecule has 1 aliphatic carbocycles. The van der Waals surface area contributed by atoms with E-state index in [0.717, 1.165) is 44.3 Å². The van der Waals surface area contributed by atoms with Crippen LogP contribution in [0.4, 0.5) is 0 Å². The highest BCUT2D eigenvalue weighted by atomic mass is 16.2. The Morgan fingerprint density at radius 3 is 2.26 bits per heavy atom. The molecule has 2 aliphatic heterocycles. The molecular weight excluding hydrogens is 388 g/mol. The Morgan fingerprint density at radius 2 is 1.61 bits per heavy atom. The maximum atomic E-state index is 13.1. The van der Waals surface area contributed by atoms with Crippen LogP contribution < -0.4 is 0 Å². The van der Waals surface area contributed by atoms with Crippen LogP contribution in [0.3, 0.4) is 0 Å². The summed E-state index contributed by atoms with van der Waals surface area (Å²) in [6.07, 6.45) is 10.1. The van der Waals surface area contributed by atoms with Crippen molar-refractivity contribution in [2.24, 2.45) is 5.41 Å².